The van der Waals surface area contributed by atoms with E-state index in [0.717, 1.165) is 6.42 Å². The third kappa shape index (κ3) is 2.23. The monoisotopic (exact) mass is 258 g/mol. The van der Waals surface area contributed by atoms with Gasteiger partial charge in [-0.25, -0.2) is 4.98 Å². The zero-order valence-electron chi connectivity index (χ0n) is 9.27. The summed E-state index contributed by atoms with van der Waals surface area (Å²) in [5.74, 6) is 0. The van der Waals surface area contributed by atoms with Crippen molar-refractivity contribution in [2.24, 2.45) is 0 Å². The number of imidazole rings is 1. The molecule has 1 atom stereocenters. The first kappa shape index (κ1) is 12.2. The molecule has 0 aliphatic carbocycles. The van der Waals surface area contributed by atoms with Crippen LogP contribution in [0.5, 0.6) is 0 Å². The number of aliphatic hydroxyl groups is 1. The summed E-state index contributed by atoms with van der Waals surface area (Å²) < 4.78 is 14.8. The molecule has 2 heterocycles. The molecule has 0 radical (unpaired) electrons. The Hall–Kier alpha value is -1.27. The van der Waals surface area contributed by atoms with E-state index in [1.54, 1.807) is 10.9 Å². The molecule has 7 heteroatoms. The van der Waals surface area contributed by atoms with Crippen LogP contribution in [0.3, 0.4) is 0 Å². The highest BCUT2D eigenvalue weighted by atomic mass is 35.5. The molecule has 2 aromatic rings. The summed E-state index contributed by atoms with van der Waals surface area (Å²) >= 11 is 5.78. The molecule has 0 bridgehead atoms. The van der Waals surface area contributed by atoms with E-state index in [4.69, 9.17) is 16.7 Å². The molecule has 0 spiro atoms. The first-order chi connectivity index (χ1) is 8.17. The van der Waals surface area contributed by atoms with Crippen molar-refractivity contribution in [1.82, 2.24) is 19.5 Å². The van der Waals surface area contributed by atoms with Crippen LogP contribution in [-0.4, -0.2) is 31.2 Å². The Kier molecular flexibility index (Phi) is 3.54. The van der Waals surface area contributed by atoms with Crippen molar-refractivity contribution in [1.29, 1.82) is 0 Å². The maximum atomic E-state index is 13.1. The van der Waals surface area contributed by atoms with Gasteiger partial charge in [-0.3, -0.25) is 0 Å². The van der Waals surface area contributed by atoms with Crippen molar-refractivity contribution < 1.29 is 9.50 Å². The number of aliphatic hydroxyl groups excluding tert-OH is 1. The van der Waals surface area contributed by atoms with Crippen LogP contribution in [0.2, 0.25) is 5.15 Å². The van der Waals surface area contributed by atoms with Crippen molar-refractivity contribution in [3.8, 4) is 0 Å². The van der Waals surface area contributed by atoms with Gasteiger partial charge in [-0.1, -0.05) is 18.5 Å². The molecule has 0 saturated carbocycles. The lowest BCUT2D eigenvalue weighted by Gasteiger charge is -2.15. The maximum Gasteiger partial charge on any atom is 0.312 e. The molecule has 2 aromatic heterocycles. The van der Waals surface area contributed by atoms with Crippen molar-refractivity contribution in [3.63, 3.8) is 0 Å². The second-order valence-corrected chi connectivity index (χ2v) is 4.04. The van der Waals surface area contributed by atoms with E-state index < -0.39 is 6.08 Å². The largest absolute Gasteiger partial charge is 0.396 e. The van der Waals surface area contributed by atoms with Gasteiger partial charge in [0.2, 0.25) is 0 Å². The van der Waals surface area contributed by atoms with Gasteiger partial charge in [-0.05, 0) is 12.8 Å². The van der Waals surface area contributed by atoms with E-state index in [2.05, 4.69) is 15.0 Å². The lowest BCUT2D eigenvalue weighted by molar-refractivity contribution is 0.256. The Morgan fingerprint density at radius 2 is 2.29 bits per heavy atom. The summed E-state index contributed by atoms with van der Waals surface area (Å²) in [7, 11) is 0. The van der Waals surface area contributed by atoms with Gasteiger partial charge < -0.3 is 9.67 Å². The van der Waals surface area contributed by atoms with Gasteiger partial charge >= 0.3 is 6.08 Å². The predicted octanol–water partition coefficient (Wildman–Crippen LogP) is 1.95. The molecule has 17 heavy (non-hydrogen) atoms. The molecule has 1 N–H and O–H groups in total. The summed E-state index contributed by atoms with van der Waals surface area (Å²) in [4.78, 5) is 11.2. The van der Waals surface area contributed by atoms with Gasteiger partial charge in [0.05, 0.1) is 6.33 Å². The second kappa shape index (κ2) is 4.93. The molecule has 0 saturated heterocycles. The van der Waals surface area contributed by atoms with Crippen LogP contribution in [0.15, 0.2) is 6.33 Å². The molecular formula is C10H12ClFN4O. The van der Waals surface area contributed by atoms with Crippen molar-refractivity contribution in [3.05, 3.63) is 17.6 Å². The molecule has 0 amide bonds. The Morgan fingerprint density at radius 1 is 1.53 bits per heavy atom. The Labute approximate surface area is 102 Å². The molecule has 5 nitrogen and oxygen atoms in total. The van der Waals surface area contributed by atoms with E-state index in [1.165, 1.54) is 0 Å². The number of hydrogen-bond donors (Lipinski definition) is 1. The zero-order valence-corrected chi connectivity index (χ0v) is 10.0. The van der Waals surface area contributed by atoms with Crippen LogP contribution in [0, 0.1) is 6.08 Å². The highest BCUT2D eigenvalue weighted by Crippen LogP contribution is 2.24. The minimum absolute atomic E-state index is 0.00472. The van der Waals surface area contributed by atoms with Gasteiger partial charge in [-0.15, -0.1) is 0 Å². The van der Waals surface area contributed by atoms with E-state index in [9.17, 15) is 4.39 Å². The summed E-state index contributed by atoms with van der Waals surface area (Å²) in [5.41, 5.74) is 0.743. The van der Waals surface area contributed by atoms with Crippen LogP contribution in [0.4, 0.5) is 4.39 Å². The minimum Gasteiger partial charge on any atom is -0.396 e. The van der Waals surface area contributed by atoms with Crippen LogP contribution >= 0.6 is 11.6 Å². The Bertz CT molecular complexity index is 530. The average molecular weight is 259 g/mol. The van der Waals surface area contributed by atoms with Crippen LogP contribution in [0.25, 0.3) is 11.2 Å². The number of fused-ring (bicyclic) bond motifs is 1. The van der Waals surface area contributed by atoms with E-state index in [1.807, 2.05) is 6.92 Å². The SMILES string of the molecule is CCC(CCO)n1cnc2c(Cl)nc(F)nc21. The topological polar surface area (TPSA) is 63.8 Å². The standard InChI is InChI=1S/C10H12ClFN4O/c1-2-6(3-4-17)16-5-13-7-8(11)14-10(12)15-9(7)16/h5-6,17H,2-4H2,1H3. The number of rotatable bonds is 4. The Morgan fingerprint density at radius 3 is 2.94 bits per heavy atom. The smallest absolute Gasteiger partial charge is 0.312 e. The fourth-order valence-electron chi connectivity index (χ4n) is 1.81. The highest BCUT2D eigenvalue weighted by Gasteiger charge is 2.16. The first-order valence-electron chi connectivity index (χ1n) is 5.33. The Balaban J connectivity index is 2.54. The number of nitrogens with zero attached hydrogens (tertiary/aromatic N) is 4. The van der Waals surface area contributed by atoms with Gasteiger partial charge in [-0.2, -0.15) is 14.4 Å². The van der Waals surface area contributed by atoms with E-state index in [0.29, 0.717) is 17.6 Å². The van der Waals surface area contributed by atoms with Gasteiger partial charge in [0.1, 0.15) is 5.52 Å². The number of aromatic nitrogens is 4. The molecule has 2 rings (SSSR count). The van der Waals surface area contributed by atoms with Gasteiger partial charge in [0, 0.05) is 12.6 Å². The summed E-state index contributed by atoms with van der Waals surface area (Å²) in [5, 5.41) is 8.99. The van der Waals surface area contributed by atoms with Crippen molar-refractivity contribution in [2.75, 3.05) is 6.61 Å². The molecule has 92 valence electrons. The number of halogens is 2. The fourth-order valence-corrected chi connectivity index (χ4v) is 2.02. The third-order valence-corrected chi connectivity index (χ3v) is 2.94. The molecule has 0 aliphatic rings. The van der Waals surface area contributed by atoms with E-state index in [-0.39, 0.29) is 17.8 Å². The predicted molar refractivity (Wildman–Crippen MR) is 61.3 cm³/mol. The molecule has 0 aromatic carbocycles. The molecule has 0 aliphatic heterocycles. The fraction of sp³-hybridized carbons (Fsp3) is 0.500. The maximum absolute atomic E-state index is 13.1. The lowest BCUT2D eigenvalue weighted by atomic mass is 10.1. The highest BCUT2D eigenvalue weighted by molar-refractivity contribution is 6.33. The average Bonchev–Trinajstić information content (AvgIpc) is 2.69. The lowest BCUT2D eigenvalue weighted by Crippen LogP contribution is -2.10. The van der Waals surface area contributed by atoms with Crippen LogP contribution in [0.1, 0.15) is 25.8 Å². The molecular weight excluding hydrogens is 247 g/mol. The van der Waals surface area contributed by atoms with Gasteiger partial charge in [0.15, 0.2) is 10.8 Å². The molecule has 1 unspecified atom stereocenters. The minimum atomic E-state index is -0.872. The quantitative estimate of drug-likeness (QED) is 0.673. The zero-order chi connectivity index (χ0) is 12.4. The molecule has 0 fully saturated rings. The van der Waals surface area contributed by atoms with Gasteiger partial charge in [0.25, 0.3) is 0 Å². The van der Waals surface area contributed by atoms with Crippen LogP contribution in [-0.2, 0) is 0 Å². The summed E-state index contributed by atoms with van der Waals surface area (Å²) in [6.07, 6.45) is 2.03. The third-order valence-electron chi connectivity index (χ3n) is 2.68. The summed E-state index contributed by atoms with van der Waals surface area (Å²) in [6, 6.07) is 0.0235. The first-order valence-corrected chi connectivity index (χ1v) is 5.71. The van der Waals surface area contributed by atoms with Crippen LogP contribution < -0.4 is 0 Å². The second-order valence-electron chi connectivity index (χ2n) is 3.68. The van der Waals surface area contributed by atoms with E-state index >= 15 is 0 Å². The van der Waals surface area contributed by atoms with Crippen molar-refractivity contribution in [2.45, 2.75) is 25.8 Å². The summed E-state index contributed by atoms with van der Waals surface area (Å²) in [6.45, 7) is 2.03. The normalized spacial score (nSPS) is 13.2. The number of hydrogen-bond acceptors (Lipinski definition) is 4. The van der Waals surface area contributed by atoms with Crippen molar-refractivity contribution >= 4 is 22.8 Å².